The summed E-state index contributed by atoms with van der Waals surface area (Å²) in [6.07, 6.45) is 22.2. The lowest BCUT2D eigenvalue weighted by Gasteiger charge is -2.16. The zero-order valence-corrected chi connectivity index (χ0v) is 47.1. The molecule has 338 valence electrons. The van der Waals surface area contributed by atoms with Gasteiger partial charge < -0.3 is 9.47 Å². The molecule has 2 nitrogen and oxygen atoms in total. The Kier molecular flexibility index (Phi) is 20.5. The lowest BCUT2D eigenvalue weighted by Crippen LogP contribution is -2.06. The van der Waals surface area contributed by atoms with Crippen molar-refractivity contribution in [3.63, 3.8) is 0 Å². The molecule has 0 spiro atoms. The van der Waals surface area contributed by atoms with Crippen molar-refractivity contribution in [3.8, 4) is 22.6 Å². The van der Waals surface area contributed by atoms with Crippen LogP contribution in [0.3, 0.4) is 0 Å². The summed E-state index contributed by atoms with van der Waals surface area (Å²) in [6.45, 7) is 12.0. The molecule has 0 aliphatic heterocycles. The molecule has 0 saturated carbocycles. The zero-order valence-electron chi connectivity index (χ0n) is 37.5. The first-order valence-corrected chi connectivity index (χ1v) is 28.1. The van der Waals surface area contributed by atoms with Gasteiger partial charge in [-0.15, -0.1) is 45.3 Å². The lowest BCUT2D eigenvalue weighted by molar-refractivity contribution is 0.275. The predicted molar refractivity (Wildman–Crippen MR) is 306 cm³/mol. The van der Waals surface area contributed by atoms with Crippen LogP contribution in [0.5, 0.6) is 11.5 Å². The fraction of sp³-hybridized carbons (Fsp3) is 0.236. The molecule has 7 rings (SSSR count). The van der Waals surface area contributed by atoms with E-state index < -0.39 is 0 Å². The van der Waals surface area contributed by atoms with Crippen LogP contribution in [0, 0.1) is 25.7 Å². The van der Waals surface area contributed by atoms with Crippen molar-refractivity contribution in [3.05, 3.63) is 165 Å². The van der Waals surface area contributed by atoms with Crippen LogP contribution < -0.4 is 9.47 Å². The van der Waals surface area contributed by atoms with E-state index in [1.54, 1.807) is 52.5 Å². The molecule has 0 radical (unpaired) electrons. The molecule has 0 aliphatic rings. The van der Waals surface area contributed by atoms with Gasteiger partial charge in [0.2, 0.25) is 0 Å². The van der Waals surface area contributed by atoms with Crippen molar-refractivity contribution in [1.29, 1.82) is 0 Å². The Morgan fingerprint density at radius 3 is 1.51 bits per heavy atom. The first kappa shape index (κ1) is 51.3. The van der Waals surface area contributed by atoms with Gasteiger partial charge in [-0.05, 0) is 227 Å². The Hall–Kier alpha value is -3.06. The molecule has 0 saturated heterocycles. The van der Waals surface area contributed by atoms with Crippen LogP contribution in [-0.2, 0) is 0 Å². The van der Waals surface area contributed by atoms with Gasteiger partial charge in [0.15, 0.2) is 0 Å². The smallest absolute Gasteiger partial charge is 0.127 e. The number of benzene rings is 3. The minimum Gasteiger partial charge on any atom is -0.496 e. The molecule has 10 heteroatoms. The molecule has 0 bridgehead atoms. The van der Waals surface area contributed by atoms with E-state index >= 15 is 0 Å². The Labute approximate surface area is 436 Å². The summed E-state index contributed by atoms with van der Waals surface area (Å²) in [7, 11) is 1.72. The van der Waals surface area contributed by atoms with E-state index in [2.05, 4.69) is 244 Å². The quantitative estimate of drug-likeness (QED) is 0.0853. The summed E-state index contributed by atoms with van der Waals surface area (Å²) >= 11 is 21.1. The molecule has 0 amide bonds. The first-order valence-electron chi connectivity index (χ1n) is 21.6. The summed E-state index contributed by atoms with van der Waals surface area (Å²) in [6, 6.07) is 34.4. The van der Waals surface area contributed by atoms with Gasteiger partial charge >= 0.3 is 0 Å². The largest absolute Gasteiger partial charge is 0.496 e. The number of methoxy groups -OCH3 is 1. The van der Waals surface area contributed by atoms with Crippen LogP contribution in [0.1, 0.15) is 99.3 Å². The SMILES string of the molecule is COc1cc(/C=C/c2ccc(Br)s2)c(OCCC(C)CCCC(C)C)cc1/C=C/c1ccc(Br)s1.Cc1ccc(C)c(-c2cc(/C=C/c3ccc(Br)s3)ccc2/C=C/c2ccc(Br)s2)c1. The van der Waals surface area contributed by atoms with Gasteiger partial charge in [-0.1, -0.05) is 88.1 Å². The van der Waals surface area contributed by atoms with Crippen molar-refractivity contribution < 1.29 is 9.47 Å². The van der Waals surface area contributed by atoms with Crippen LogP contribution in [0.25, 0.3) is 59.7 Å². The third-order valence-corrected chi connectivity index (χ3v) is 16.9. The summed E-state index contributed by atoms with van der Waals surface area (Å²) in [4.78, 5) is 4.85. The van der Waals surface area contributed by atoms with E-state index in [0.717, 1.165) is 50.1 Å². The van der Waals surface area contributed by atoms with Crippen molar-refractivity contribution in [2.45, 2.75) is 60.3 Å². The number of rotatable bonds is 18. The number of halogens is 4. The monoisotopic (exact) mass is 1190 g/mol. The highest BCUT2D eigenvalue weighted by Gasteiger charge is 2.12. The number of thiophene rings is 4. The summed E-state index contributed by atoms with van der Waals surface area (Å²) < 4.78 is 16.7. The molecule has 0 aliphatic carbocycles. The Bertz CT molecular complexity index is 2740. The first-order chi connectivity index (χ1) is 31.3. The van der Waals surface area contributed by atoms with Gasteiger partial charge in [0.05, 0.1) is 28.9 Å². The van der Waals surface area contributed by atoms with Crippen LogP contribution in [0.4, 0.5) is 0 Å². The predicted octanol–water partition coefficient (Wildman–Crippen LogP) is 20.9. The minimum atomic E-state index is 0.658. The van der Waals surface area contributed by atoms with Crippen LogP contribution >= 0.6 is 109 Å². The summed E-state index contributed by atoms with van der Waals surface area (Å²) in [5.41, 5.74) is 9.57. The van der Waals surface area contributed by atoms with E-state index in [9.17, 15) is 0 Å². The molecule has 3 aromatic carbocycles. The number of aryl methyl sites for hydroxylation is 2. The average molecular weight is 1190 g/mol. The van der Waals surface area contributed by atoms with Crippen molar-refractivity contribution in [2.24, 2.45) is 11.8 Å². The normalized spacial score (nSPS) is 12.3. The second-order valence-electron chi connectivity index (χ2n) is 16.3. The number of ether oxygens (including phenoxy) is 2. The second-order valence-corrected chi connectivity index (χ2v) is 26.2. The fourth-order valence-corrected chi connectivity index (χ4v) is 12.3. The van der Waals surface area contributed by atoms with Gasteiger partial charge in [-0.2, -0.15) is 0 Å². The molecular weight excluding hydrogens is 1140 g/mol. The molecule has 4 aromatic heterocycles. The molecule has 4 heterocycles. The molecule has 7 aromatic rings. The van der Waals surface area contributed by atoms with Gasteiger partial charge in [0.1, 0.15) is 11.5 Å². The molecular formula is C55H54Br4O2S4. The highest BCUT2D eigenvalue weighted by atomic mass is 79.9. The van der Waals surface area contributed by atoms with Gasteiger partial charge in [0, 0.05) is 30.6 Å². The van der Waals surface area contributed by atoms with Crippen LogP contribution in [0.15, 0.2) is 112 Å². The van der Waals surface area contributed by atoms with Gasteiger partial charge in [-0.3, -0.25) is 0 Å². The van der Waals surface area contributed by atoms with Crippen molar-refractivity contribution >= 4 is 158 Å². The Balaban J connectivity index is 0.000000218. The maximum absolute atomic E-state index is 6.37. The van der Waals surface area contributed by atoms with Crippen molar-refractivity contribution in [2.75, 3.05) is 13.7 Å². The Morgan fingerprint density at radius 2 is 1.00 bits per heavy atom. The van der Waals surface area contributed by atoms with Gasteiger partial charge in [0.25, 0.3) is 0 Å². The number of hydrogen-bond acceptors (Lipinski definition) is 6. The third kappa shape index (κ3) is 16.6. The van der Waals surface area contributed by atoms with E-state index in [1.165, 1.54) is 72.2 Å². The van der Waals surface area contributed by atoms with E-state index in [-0.39, 0.29) is 0 Å². The molecule has 0 fully saturated rings. The van der Waals surface area contributed by atoms with Crippen LogP contribution in [-0.4, -0.2) is 13.7 Å². The fourth-order valence-electron chi connectivity index (χ4n) is 6.99. The number of hydrogen-bond donors (Lipinski definition) is 0. The van der Waals surface area contributed by atoms with E-state index in [4.69, 9.17) is 9.47 Å². The van der Waals surface area contributed by atoms with Crippen LogP contribution in [0.2, 0.25) is 0 Å². The third-order valence-electron chi connectivity index (χ3n) is 10.6. The second kappa shape index (κ2) is 25.9. The highest BCUT2D eigenvalue weighted by molar-refractivity contribution is 9.11. The maximum Gasteiger partial charge on any atom is 0.127 e. The van der Waals surface area contributed by atoms with E-state index in [0.29, 0.717) is 12.5 Å². The Morgan fingerprint density at radius 1 is 0.492 bits per heavy atom. The maximum atomic E-state index is 6.37. The molecule has 65 heavy (non-hydrogen) atoms. The van der Waals surface area contributed by atoms with Crippen molar-refractivity contribution in [1.82, 2.24) is 0 Å². The average Bonchev–Trinajstić information content (AvgIpc) is 4.11. The zero-order chi connectivity index (χ0) is 46.3. The van der Waals surface area contributed by atoms with E-state index in [1.807, 2.05) is 0 Å². The molecule has 1 unspecified atom stereocenters. The highest BCUT2D eigenvalue weighted by Crippen LogP contribution is 2.35. The summed E-state index contributed by atoms with van der Waals surface area (Å²) in [5.74, 6) is 3.15. The minimum absolute atomic E-state index is 0.658. The molecule has 1 atom stereocenters. The lowest BCUT2D eigenvalue weighted by atomic mass is 9.92. The topological polar surface area (TPSA) is 18.5 Å². The standard InChI is InChI=1S/C29H34Br2O2S2.C26H20Br2S2/c1-20(2)6-5-7-21(3)16-17-33-27-19-22(8-10-24-12-14-28(30)34-24)26(32-4)18-23(27)9-11-25-13-15-29(31)35-25;1-17-3-4-18(2)23(15-17)24-16-19(6-9-21-11-13-25(27)29-21)5-7-20(24)8-10-22-12-14-26(28)30-22/h8-15,18-21H,5-7,16-17H2,1-4H3;3-16H,1-2H3/b10-8+,11-9+;9-6+,10-8+. The van der Waals surface area contributed by atoms with Gasteiger partial charge in [-0.25, -0.2) is 0 Å². The molecule has 0 N–H and O–H groups in total. The summed E-state index contributed by atoms with van der Waals surface area (Å²) in [5, 5.41) is 0.